The van der Waals surface area contributed by atoms with Crippen LogP contribution in [0.2, 0.25) is 0 Å². The van der Waals surface area contributed by atoms with Crippen LogP contribution in [0.4, 0.5) is 11.4 Å². The van der Waals surface area contributed by atoms with Gasteiger partial charge in [0.05, 0.1) is 17.8 Å². The van der Waals surface area contributed by atoms with E-state index in [4.69, 9.17) is 4.52 Å². The fourth-order valence-electron chi connectivity index (χ4n) is 3.02. The van der Waals surface area contributed by atoms with Gasteiger partial charge >= 0.3 is 0 Å². The zero-order valence-corrected chi connectivity index (χ0v) is 16.7. The highest BCUT2D eigenvalue weighted by Crippen LogP contribution is 2.25. The van der Waals surface area contributed by atoms with Crippen LogP contribution >= 0.6 is 0 Å². The summed E-state index contributed by atoms with van der Waals surface area (Å²) in [5.74, 6) is 0.556. The minimum atomic E-state index is -0.230. The Bertz CT molecular complexity index is 1170. The molecule has 0 saturated carbocycles. The van der Waals surface area contributed by atoms with Gasteiger partial charge < -0.3 is 15.2 Å². The molecule has 0 saturated heterocycles. The van der Waals surface area contributed by atoms with Crippen LogP contribution in [0.15, 0.2) is 71.5 Å². The fraction of sp³-hybridized carbons (Fsp3) is 0.130. The summed E-state index contributed by atoms with van der Waals surface area (Å²) in [5.41, 5.74) is 5.35. The Labute approximate surface area is 174 Å². The van der Waals surface area contributed by atoms with Crippen LogP contribution in [0.3, 0.4) is 0 Å². The number of anilines is 2. The molecule has 0 spiro atoms. The molecular weight excluding hydrogens is 378 g/mol. The van der Waals surface area contributed by atoms with Gasteiger partial charge in [-0.1, -0.05) is 29.4 Å². The second kappa shape index (κ2) is 8.57. The van der Waals surface area contributed by atoms with Crippen molar-refractivity contribution in [2.45, 2.75) is 20.4 Å². The highest BCUT2D eigenvalue weighted by Gasteiger charge is 2.14. The number of nitrogens with zero attached hydrogens (tertiary/aromatic N) is 3. The maximum atomic E-state index is 12.8. The van der Waals surface area contributed by atoms with Gasteiger partial charge in [0.15, 0.2) is 0 Å². The highest BCUT2D eigenvalue weighted by atomic mass is 16.5. The van der Waals surface area contributed by atoms with Gasteiger partial charge in [-0.05, 0) is 55.3 Å². The SMILES string of the molecule is Cc1cccc(Nc2ccccc2C(=O)NCc2nc(-c3ccncc3)no2)c1C. The summed E-state index contributed by atoms with van der Waals surface area (Å²) in [7, 11) is 0. The molecule has 0 unspecified atom stereocenters. The molecule has 0 aliphatic heterocycles. The minimum Gasteiger partial charge on any atom is -0.355 e. The van der Waals surface area contributed by atoms with Crippen molar-refractivity contribution in [2.75, 3.05) is 5.32 Å². The van der Waals surface area contributed by atoms with E-state index in [0.29, 0.717) is 17.3 Å². The molecule has 2 aromatic heterocycles. The fourth-order valence-corrected chi connectivity index (χ4v) is 3.02. The van der Waals surface area contributed by atoms with Crippen LogP contribution in [0.5, 0.6) is 0 Å². The number of aromatic nitrogens is 3. The molecular formula is C23H21N5O2. The van der Waals surface area contributed by atoms with E-state index < -0.39 is 0 Å². The Hall–Kier alpha value is -4.00. The number of benzene rings is 2. The van der Waals surface area contributed by atoms with Gasteiger partial charge in [0, 0.05) is 23.6 Å². The summed E-state index contributed by atoms with van der Waals surface area (Å²) in [4.78, 5) is 21.1. The number of para-hydroxylation sites is 1. The number of hydrogen-bond donors (Lipinski definition) is 2. The molecule has 150 valence electrons. The summed E-state index contributed by atoms with van der Waals surface area (Å²) in [6, 6.07) is 17.0. The molecule has 7 heteroatoms. The standard InChI is InChI=1S/C23H21N5O2/c1-15-6-5-9-19(16(15)2)26-20-8-4-3-7-18(20)23(29)25-14-21-27-22(28-30-21)17-10-12-24-13-11-17/h3-13,26H,14H2,1-2H3,(H,25,29). The van der Waals surface area contributed by atoms with Crippen LogP contribution < -0.4 is 10.6 Å². The zero-order chi connectivity index (χ0) is 20.9. The lowest BCUT2D eigenvalue weighted by molar-refractivity contribution is 0.0947. The third kappa shape index (κ3) is 4.20. The van der Waals surface area contributed by atoms with Crippen molar-refractivity contribution in [3.63, 3.8) is 0 Å². The number of hydrogen-bond acceptors (Lipinski definition) is 6. The van der Waals surface area contributed by atoms with Gasteiger partial charge in [-0.25, -0.2) is 0 Å². The van der Waals surface area contributed by atoms with Crippen molar-refractivity contribution in [3.05, 3.63) is 89.6 Å². The molecule has 30 heavy (non-hydrogen) atoms. The zero-order valence-electron chi connectivity index (χ0n) is 16.7. The molecule has 2 aromatic carbocycles. The molecule has 7 nitrogen and oxygen atoms in total. The Balaban J connectivity index is 1.47. The average Bonchev–Trinajstić information content (AvgIpc) is 3.25. The third-order valence-corrected chi connectivity index (χ3v) is 4.85. The predicted octanol–water partition coefficient (Wildman–Crippen LogP) is 4.42. The van der Waals surface area contributed by atoms with Crippen LogP contribution in [-0.4, -0.2) is 21.0 Å². The summed E-state index contributed by atoms with van der Waals surface area (Å²) < 4.78 is 5.25. The third-order valence-electron chi connectivity index (χ3n) is 4.85. The lowest BCUT2D eigenvalue weighted by atomic mass is 10.1. The first kappa shape index (κ1) is 19.3. The topological polar surface area (TPSA) is 92.9 Å². The lowest BCUT2D eigenvalue weighted by Crippen LogP contribution is -2.23. The van der Waals surface area contributed by atoms with E-state index in [0.717, 1.165) is 22.5 Å². The Morgan fingerprint density at radius 3 is 2.57 bits per heavy atom. The summed E-state index contributed by atoms with van der Waals surface area (Å²) >= 11 is 0. The van der Waals surface area contributed by atoms with E-state index in [1.54, 1.807) is 30.6 Å². The van der Waals surface area contributed by atoms with Crippen LogP contribution in [0.1, 0.15) is 27.4 Å². The molecule has 2 N–H and O–H groups in total. The summed E-state index contributed by atoms with van der Waals surface area (Å²) in [6.45, 7) is 4.24. The van der Waals surface area contributed by atoms with E-state index in [1.165, 1.54) is 5.56 Å². The first-order valence-corrected chi connectivity index (χ1v) is 9.55. The van der Waals surface area contributed by atoms with Crippen LogP contribution in [0, 0.1) is 13.8 Å². The first-order chi connectivity index (χ1) is 14.6. The Morgan fingerprint density at radius 1 is 0.967 bits per heavy atom. The molecule has 4 rings (SSSR count). The summed E-state index contributed by atoms with van der Waals surface area (Å²) in [5, 5.41) is 10.2. The van der Waals surface area contributed by atoms with Crippen molar-refractivity contribution in [3.8, 4) is 11.4 Å². The van der Waals surface area contributed by atoms with E-state index in [-0.39, 0.29) is 12.5 Å². The summed E-state index contributed by atoms with van der Waals surface area (Å²) in [6.07, 6.45) is 3.32. The molecule has 0 fully saturated rings. The largest absolute Gasteiger partial charge is 0.355 e. The van der Waals surface area contributed by atoms with Crippen LogP contribution in [-0.2, 0) is 6.54 Å². The molecule has 4 aromatic rings. The smallest absolute Gasteiger partial charge is 0.253 e. The van der Waals surface area contributed by atoms with Gasteiger partial charge in [0.1, 0.15) is 0 Å². The molecule has 0 aliphatic carbocycles. The molecule has 0 atom stereocenters. The van der Waals surface area contributed by atoms with Gasteiger partial charge in [-0.15, -0.1) is 0 Å². The van der Waals surface area contributed by atoms with E-state index in [9.17, 15) is 4.79 Å². The number of carbonyl (C=O) groups excluding carboxylic acids is 1. The van der Waals surface area contributed by atoms with Crippen LogP contribution in [0.25, 0.3) is 11.4 Å². The van der Waals surface area contributed by atoms with Crippen molar-refractivity contribution >= 4 is 17.3 Å². The van der Waals surface area contributed by atoms with E-state index in [1.807, 2.05) is 30.3 Å². The average molecular weight is 399 g/mol. The lowest BCUT2D eigenvalue weighted by Gasteiger charge is -2.14. The van der Waals surface area contributed by atoms with E-state index >= 15 is 0 Å². The quantitative estimate of drug-likeness (QED) is 0.498. The first-order valence-electron chi connectivity index (χ1n) is 9.55. The number of nitrogens with one attached hydrogen (secondary N) is 2. The molecule has 0 bridgehead atoms. The second-order valence-corrected chi connectivity index (χ2v) is 6.85. The number of amides is 1. The monoisotopic (exact) mass is 399 g/mol. The normalized spacial score (nSPS) is 10.6. The second-order valence-electron chi connectivity index (χ2n) is 6.85. The van der Waals surface area contributed by atoms with Gasteiger partial charge in [-0.3, -0.25) is 9.78 Å². The van der Waals surface area contributed by atoms with E-state index in [2.05, 4.69) is 45.7 Å². The van der Waals surface area contributed by atoms with Crippen molar-refractivity contribution in [1.82, 2.24) is 20.4 Å². The number of carbonyl (C=O) groups is 1. The van der Waals surface area contributed by atoms with Gasteiger partial charge in [0.25, 0.3) is 5.91 Å². The highest BCUT2D eigenvalue weighted by molar-refractivity contribution is 6.00. The Morgan fingerprint density at radius 2 is 1.73 bits per heavy atom. The maximum Gasteiger partial charge on any atom is 0.253 e. The Kier molecular flexibility index (Phi) is 5.52. The molecule has 1 amide bonds. The van der Waals surface area contributed by atoms with Gasteiger partial charge in [0.2, 0.25) is 11.7 Å². The van der Waals surface area contributed by atoms with Crippen molar-refractivity contribution < 1.29 is 9.32 Å². The van der Waals surface area contributed by atoms with Crippen molar-refractivity contribution in [1.29, 1.82) is 0 Å². The number of pyridine rings is 1. The molecule has 2 heterocycles. The van der Waals surface area contributed by atoms with Crippen molar-refractivity contribution in [2.24, 2.45) is 0 Å². The predicted molar refractivity (Wildman–Crippen MR) is 114 cm³/mol. The minimum absolute atomic E-state index is 0.134. The number of rotatable bonds is 6. The number of aryl methyl sites for hydroxylation is 1. The maximum absolute atomic E-state index is 12.8. The molecule has 0 radical (unpaired) electrons. The van der Waals surface area contributed by atoms with Gasteiger partial charge in [-0.2, -0.15) is 4.98 Å². The molecule has 0 aliphatic rings.